The maximum atomic E-state index is 11.0. The van der Waals surface area contributed by atoms with Crippen molar-refractivity contribution in [2.45, 2.75) is 0 Å². The van der Waals surface area contributed by atoms with E-state index in [9.17, 15) is 15.2 Å². The van der Waals surface area contributed by atoms with Crippen molar-refractivity contribution < 1.29 is 14.8 Å². The van der Waals surface area contributed by atoms with Crippen molar-refractivity contribution in [3.63, 3.8) is 0 Å². The zero-order valence-electron chi connectivity index (χ0n) is 13.9. The van der Waals surface area contributed by atoms with Gasteiger partial charge >= 0.3 is 0 Å². The molecular weight excluding hydrogens is 436 g/mol. The summed E-state index contributed by atoms with van der Waals surface area (Å²) in [7, 11) is 1.32. The number of aromatic hydroxyl groups is 1. The first kappa shape index (κ1) is 18.8. The number of halogens is 1. The first-order valence-electron chi connectivity index (χ1n) is 7.54. The number of nitrogens with one attached hydrogen (secondary N) is 1. The molecule has 8 nitrogen and oxygen atoms in total. The Labute approximate surface area is 166 Å². The average molecular weight is 449 g/mol. The van der Waals surface area contributed by atoms with Gasteiger partial charge in [-0.25, -0.2) is 4.98 Å². The number of methoxy groups -OCH3 is 1. The second kappa shape index (κ2) is 8.14. The standard InChI is InChI=1S/C17H13BrN4O4S/c1-26-15-7-13(22(24)25)6-11(16(15)23)8-19-21-17-20-14(9-27-17)10-2-4-12(18)5-3-10/h2-9,23H,1H3,(H,20,21)/b19-8+. The maximum Gasteiger partial charge on any atom is 0.274 e. The number of nitro benzene ring substituents is 1. The summed E-state index contributed by atoms with van der Waals surface area (Å²) in [6.45, 7) is 0. The van der Waals surface area contributed by atoms with E-state index in [1.165, 1.54) is 30.7 Å². The summed E-state index contributed by atoms with van der Waals surface area (Å²) in [5.41, 5.74) is 4.46. The minimum absolute atomic E-state index is 0.00239. The van der Waals surface area contributed by atoms with E-state index in [0.29, 0.717) is 5.13 Å². The molecule has 1 heterocycles. The maximum absolute atomic E-state index is 11.0. The number of non-ortho nitro benzene ring substituents is 1. The lowest BCUT2D eigenvalue weighted by molar-refractivity contribution is -0.385. The molecule has 2 N–H and O–H groups in total. The average Bonchev–Trinajstić information content (AvgIpc) is 3.12. The van der Waals surface area contributed by atoms with Crippen LogP contribution in [0.4, 0.5) is 10.8 Å². The summed E-state index contributed by atoms with van der Waals surface area (Å²) in [6, 6.07) is 10.1. The normalized spacial score (nSPS) is 10.9. The number of phenolic OH excluding ortho intramolecular Hbond substituents is 1. The van der Waals surface area contributed by atoms with E-state index in [-0.39, 0.29) is 22.7 Å². The van der Waals surface area contributed by atoms with Gasteiger partial charge in [-0.1, -0.05) is 28.1 Å². The number of thiazole rings is 1. The number of nitrogens with zero attached hydrogens (tertiary/aromatic N) is 3. The summed E-state index contributed by atoms with van der Waals surface area (Å²) in [4.78, 5) is 14.8. The highest BCUT2D eigenvalue weighted by Crippen LogP contribution is 2.33. The molecule has 0 aliphatic carbocycles. The van der Waals surface area contributed by atoms with Gasteiger partial charge in [0, 0.05) is 27.0 Å². The summed E-state index contributed by atoms with van der Waals surface area (Å²) >= 11 is 4.75. The van der Waals surface area contributed by atoms with Crippen LogP contribution in [0, 0.1) is 10.1 Å². The Balaban J connectivity index is 1.77. The van der Waals surface area contributed by atoms with Crippen molar-refractivity contribution in [2.75, 3.05) is 12.5 Å². The predicted molar refractivity (Wildman–Crippen MR) is 108 cm³/mol. The highest BCUT2D eigenvalue weighted by Gasteiger charge is 2.15. The third-order valence-electron chi connectivity index (χ3n) is 3.53. The van der Waals surface area contributed by atoms with Gasteiger partial charge in [-0.2, -0.15) is 5.10 Å². The predicted octanol–water partition coefficient (Wildman–Crippen LogP) is 4.64. The van der Waals surface area contributed by atoms with Gasteiger partial charge in [0.15, 0.2) is 11.5 Å². The first-order valence-corrected chi connectivity index (χ1v) is 9.21. The Kier molecular flexibility index (Phi) is 5.67. The van der Waals surface area contributed by atoms with Crippen molar-refractivity contribution in [3.05, 3.63) is 61.9 Å². The lowest BCUT2D eigenvalue weighted by Crippen LogP contribution is -1.96. The Morgan fingerprint density at radius 3 is 2.78 bits per heavy atom. The summed E-state index contributed by atoms with van der Waals surface area (Å²) < 4.78 is 5.93. The van der Waals surface area contributed by atoms with Crippen LogP contribution in [0.25, 0.3) is 11.3 Å². The van der Waals surface area contributed by atoms with Gasteiger partial charge in [0.05, 0.1) is 30.0 Å². The van der Waals surface area contributed by atoms with E-state index < -0.39 is 4.92 Å². The molecule has 0 bridgehead atoms. The Bertz CT molecular complexity index is 1000. The molecule has 0 saturated heterocycles. The summed E-state index contributed by atoms with van der Waals surface area (Å²) in [5, 5.41) is 27.5. The van der Waals surface area contributed by atoms with E-state index in [1.54, 1.807) is 0 Å². The third kappa shape index (κ3) is 4.41. The van der Waals surface area contributed by atoms with Gasteiger partial charge in [-0.05, 0) is 12.1 Å². The van der Waals surface area contributed by atoms with Crippen LogP contribution < -0.4 is 10.2 Å². The van der Waals surface area contributed by atoms with Gasteiger partial charge in [0.2, 0.25) is 5.13 Å². The number of benzene rings is 2. The van der Waals surface area contributed by atoms with Crippen molar-refractivity contribution in [3.8, 4) is 22.8 Å². The second-order valence-corrected chi connectivity index (χ2v) is 7.03. The van der Waals surface area contributed by atoms with E-state index in [1.807, 2.05) is 29.6 Å². The minimum Gasteiger partial charge on any atom is -0.504 e. The van der Waals surface area contributed by atoms with Crippen LogP contribution in [0.15, 0.2) is 51.4 Å². The largest absolute Gasteiger partial charge is 0.504 e. The van der Waals surface area contributed by atoms with Crippen molar-refractivity contribution in [1.29, 1.82) is 0 Å². The van der Waals surface area contributed by atoms with E-state index in [0.717, 1.165) is 21.8 Å². The molecule has 0 unspecified atom stereocenters. The van der Waals surface area contributed by atoms with Gasteiger partial charge in [0.25, 0.3) is 5.69 Å². The van der Waals surface area contributed by atoms with Crippen LogP contribution in [0.1, 0.15) is 5.56 Å². The number of phenols is 1. The molecule has 0 aliphatic rings. The molecule has 10 heteroatoms. The molecule has 0 amide bonds. The molecular formula is C17H13BrN4O4S. The van der Waals surface area contributed by atoms with Crippen LogP contribution in [-0.4, -0.2) is 28.3 Å². The molecule has 1 aromatic heterocycles. The fraction of sp³-hybridized carbons (Fsp3) is 0.0588. The van der Waals surface area contributed by atoms with Crippen LogP contribution in [-0.2, 0) is 0 Å². The van der Waals surface area contributed by atoms with Gasteiger partial charge in [-0.3, -0.25) is 15.5 Å². The Morgan fingerprint density at radius 1 is 1.37 bits per heavy atom. The first-order chi connectivity index (χ1) is 13.0. The Morgan fingerprint density at radius 2 is 2.11 bits per heavy atom. The van der Waals surface area contributed by atoms with Crippen LogP contribution in [0.5, 0.6) is 11.5 Å². The fourth-order valence-electron chi connectivity index (χ4n) is 2.21. The van der Waals surface area contributed by atoms with E-state index in [2.05, 4.69) is 31.4 Å². The highest BCUT2D eigenvalue weighted by molar-refractivity contribution is 9.10. The smallest absolute Gasteiger partial charge is 0.274 e. The molecule has 3 aromatic rings. The van der Waals surface area contributed by atoms with Crippen LogP contribution in [0.3, 0.4) is 0 Å². The van der Waals surface area contributed by atoms with Gasteiger partial charge < -0.3 is 9.84 Å². The molecule has 27 heavy (non-hydrogen) atoms. The number of nitro groups is 1. The molecule has 0 fully saturated rings. The molecule has 0 saturated carbocycles. The summed E-state index contributed by atoms with van der Waals surface area (Å²) in [6.07, 6.45) is 1.27. The van der Waals surface area contributed by atoms with Crippen molar-refractivity contribution >= 4 is 44.3 Å². The highest BCUT2D eigenvalue weighted by atomic mass is 79.9. The number of rotatable bonds is 6. The quantitative estimate of drug-likeness (QED) is 0.322. The molecule has 138 valence electrons. The minimum atomic E-state index is -0.571. The van der Waals surface area contributed by atoms with Crippen molar-refractivity contribution in [2.24, 2.45) is 5.10 Å². The second-order valence-electron chi connectivity index (χ2n) is 5.26. The number of aromatic nitrogens is 1. The lowest BCUT2D eigenvalue weighted by Gasteiger charge is -2.05. The summed E-state index contributed by atoms with van der Waals surface area (Å²) in [5.74, 6) is -0.235. The number of hydrogen-bond acceptors (Lipinski definition) is 8. The zero-order valence-corrected chi connectivity index (χ0v) is 16.3. The molecule has 0 radical (unpaired) electrons. The number of hydrazone groups is 1. The molecule has 0 atom stereocenters. The SMILES string of the molecule is COc1cc([N+](=O)[O-])cc(/C=N/Nc2nc(-c3ccc(Br)cc3)cs2)c1O. The number of anilines is 1. The molecule has 3 rings (SSSR count). The van der Waals surface area contributed by atoms with Gasteiger partial charge in [0.1, 0.15) is 0 Å². The Hall–Kier alpha value is -2.98. The lowest BCUT2D eigenvalue weighted by atomic mass is 10.2. The van der Waals surface area contributed by atoms with Crippen molar-refractivity contribution in [1.82, 2.24) is 4.98 Å². The topological polar surface area (TPSA) is 110 Å². The van der Waals surface area contributed by atoms with Crippen LogP contribution in [0.2, 0.25) is 0 Å². The zero-order chi connectivity index (χ0) is 19.4. The molecule has 0 aliphatic heterocycles. The number of hydrogen-bond donors (Lipinski definition) is 2. The molecule has 0 spiro atoms. The monoisotopic (exact) mass is 448 g/mol. The third-order valence-corrected chi connectivity index (χ3v) is 4.80. The fourth-order valence-corrected chi connectivity index (χ4v) is 3.14. The molecule has 2 aromatic carbocycles. The van der Waals surface area contributed by atoms with E-state index >= 15 is 0 Å². The van der Waals surface area contributed by atoms with Crippen LogP contribution >= 0.6 is 27.3 Å². The van der Waals surface area contributed by atoms with E-state index in [4.69, 9.17) is 4.74 Å². The number of ether oxygens (including phenoxy) is 1. The van der Waals surface area contributed by atoms with Gasteiger partial charge in [-0.15, -0.1) is 11.3 Å².